The standard InChI is InChI=1S/C17H21ClN2S/c18-16-4-2-1-3-15(16)17(19)7-9-20(14-5-6-14)11-13-8-10-21-12-13/h1-4,8,10,12,14,17H,5-7,9,11,19H2. The molecule has 3 rings (SSSR count). The Kier molecular flexibility index (Phi) is 4.96. The van der Waals surface area contributed by atoms with Gasteiger partial charge in [-0.25, -0.2) is 0 Å². The molecule has 0 amide bonds. The molecule has 1 aromatic carbocycles. The van der Waals surface area contributed by atoms with Gasteiger partial charge in [0.15, 0.2) is 0 Å². The quantitative estimate of drug-likeness (QED) is 0.816. The van der Waals surface area contributed by atoms with E-state index >= 15 is 0 Å². The van der Waals surface area contributed by atoms with Crippen molar-refractivity contribution in [1.29, 1.82) is 0 Å². The first-order valence-electron chi connectivity index (χ1n) is 7.49. The molecule has 1 saturated carbocycles. The number of rotatable bonds is 7. The summed E-state index contributed by atoms with van der Waals surface area (Å²) >= 11 is 8.00. The van der Waals surface area contributed by atoms with Crippen LogP contribution in [0.2, 0.25) is 5.02 Å². The lowest BCUT2D eigenvalue weighted by molar-refractivity contribution is 0.245. The molecule has 1 heterocycles. The van der Waals surface area contributed by atoms with Gasteiger partial charge < -0.3 is 5.73 Å². The number of hydrogen-bond donors (Lipinski definition) is 1. The molecule has 1 aliphatic carbocycles. The Morgan fingerprint density at radius 1 is 1.29 bits per heavy atom. The van der Waals surface area contributed by atoms with Crippen LogP contribution in [-0.2, 0) is 6.54 Å². The van der Waals surface area contributed by atoms with Gasteiger partial charge in [0.05, 0.1) is 0 Å². The predicted molar refractivity (Wildman–Crippen MR) is 90.7 cm³/mol. The van der Waals surface area contributed by atoms with Gasteiger partial charge in [-0.05, 0) is 53.3 Å². The van der Waals surface area contributed by atoms with E-state index in [4.69, 9.17) is 17.3 Å². The lowest BCUT2D eigenvalue weighted by Gasteiger charge is -2.23. The van der Waals surface area contributed by atoms with Crippen LogP contribution in [0.3, 0.4) is 0 Å². The summed E-state index contributed by atoms with van der Waals surface area (Å²) in [5.41, 5.74) is 8.80. The molecule has 0 bridgehead atoms. The third-order valence-electron chi connectivity index (χ3n) is 4.06. The summed E-state index contributed by atoms with van der Waals surface area (Å²) in [6.45, 7) is 2.08. The van der Waals surface area contributed by atoms with Gasteiger partial charge in [-0.1, -0.05) is 29.8 Å². The van der Waals surface area contributed by atoms with Gasteiger partial charge in [-0.2, -0.15) is 11.3 Å². The van der Waals surface area contributed by atoms with Gasteiger partial charge in [-0.3, -0.25) is 4.90 Å². The van der Waals surface area contributed by atoms with Crippen LogP contribution >= 0.6 is 22.9 Å². The number of thiophene rings is 1. The van der Waals surface area contributed by atoms with Gasteiger partial charge in [0, 0.05) is 30.2 Å². The van der Waals surface area contributed by atoms with E-state index in [1.54, 1.807) is 11.3 Å². The van der Waals surface area contributed by atoms with Crippen LogP contribution < -0.4 is 5.73 Å². The molecule has 1 aliphatic rings. The van der Waals surface area contributed by atoms with Crippen LogP contribution in [-0.4, -0.2) is 17.5 Å². The van der Waals surface area contributed by atoms with Crippen molar-refractivity contribution in [2.45, 2.75) is 37.9 Å². The van der Waals surface area contributed by atoms with Crippen molar-refractivity contribution < 1.29 is 0 Å². The van der Waals surface area contributed by atoms with Crippen LogP contribution in [0.4, 0.5) is 0 Å². The Morgan fingerprint density at radius 3 is 2.76 bits per heavy atom. The molecule has 4 heteroatoms. The second-order valence-corrected chi connectivity index (χ2v) is 6.94. The highest BCUT2D eigenvalue weighted by atomic mass is 35.5. The Balaban J connectivity index is 1.58. The van der Waals surface area contributed by atoms with Crippen molar-refractivity contribution in [2.24, 2.45) is 5.73 Å². The molecular formula is C17H21ClN2S. The minimum Gasteiger partial charge on any atom is -0.324 e. The van der Waals surface area contributed by atoms with Crippen LogP contribution in [0.1, 0.15) is 36.4 Å². The molecule has 2 aromatic rings. The summed E-state index contributed by atoms with van der Waals surface area (Å²) < 4.78 is 0. The first kappa shape index (κ1) is 15.0. The fourth-order valence-electron chi connectivity index (χ4n) is 2.68. The summed E-state index contributed by atoms with van der Waals surface area (Å²) in [5, 5.41) is 5.17. The Labute approximate surface area is 135 Å². The molecule has 0 aliphatic heterocycles. The molecular weight excluding hydrogens is 300 g/mol. The van der Waals surface area contributed by atoms with Crippen molar-refractivity contribution in [2.75, 3.05) is 6.54 Å². The maximum absolute atomic E-state index is 6.33. The van der Waals surface area contributed by atoms with E-state index in [0.29, 0.717) is 0 Å². The van der Waals surface area contributed by atoms with Crippen LogP contribution in [0, 0.1) is 0 Å². The normalized spacial score (nSPS) is 16.3. The summed E-state index contributed by atoms with van der Waals surface area (Å²) in [4.78, 5) is 2.57. The fourth-order valence-corrected chi connectivity index (χ4v) is 3.62. The summed E-state index contributed by atoms with van der Waals surface area (Å²) in [6, 6.07) is 10.9. The van der Waals surface area contributed by atoms with Gasteiger partial charge in [0.25, 0.3) is 0 Å². The molecule has 1 fully saturated rings. The second-order valence-electron chi connectivity index (χ2n) is 5.75. The molecule has 2 N–H and O–H groups in total. The maximum atomic E-state index is 6.33. The number of nitrogens with two attached hydrogens (primary N) is 1. The first-order valence-corrected chi connectivity index (χ1v) is 8.81. The van der Waals surface area contributed by atoms with Crippen LogP contribution in [0.25, 0.3) is 0 Å². The van der Waals surface area contributed by atoms with Crippen molar-refractivity contribution in [3.05, 3.63) is 57.2 Å². The van der Waals surface area contributed by atoms with E-state index in [9.17, 15) is 0 Å². The molecule has 112 valence electrons. The zero-order valence-corrected chi connectivity index (χ0v) is 13.6. The van der Waals surface area contributed by atoms with Crippen LogP contribution in [0.5, 0.6) is 0 Å². The van der Waals surface area contributed by atoms with E-state index in [1.807, 2.05) is 24.3 Å². The Morgan fingerprint density at radius 2 is 2.10 bits per heavy atom. The summed E-state index contributed by atoms with van der Waals surface area (Å²) in [7, 11) is 0. The molecule has 1 unspecified atom stereocenters. The van der Waals surface area contributed by atoms with Gasteiger partial charge >= 0.3 is 0 Å². The number of benzene rings is 1. The minimum atomic E-state index is 0.0161. The third kappa shape index (κ3) is 4.07. The molecule has 1 atom stereocenters. The van der Waals surface area contributed by atoms with Gasteiger partial charge in [0.2, 0.25) is 0 Å². The highest BCUT2D eigenvalue weighted by Gasteiger charge is 2.29. The fraction of sp³-hybridized carbons (Fsp3) is 0.412. The topological polar surface area (TPSA) is 29.3 Å². The molecule has 0 radical (unpaired) electrons. The predicted octanol–water partition coefficient (Wildman–Crippen LogP) is 4.46. The largest absolute Gasteiger partial charge is 0.324 e. The average molecular weight is 321 g/mol. The second kappa shape index (κ2) is 6.93. The molecule has 0 saturated heterocycles. The van der Waals surface area contributed by atoms with Crippen LogP contribution in [0.15, 0.2) is 41.1 Å². The highest BCUT2D eigenvalue weighted by Crippen LogP contribution is 2.30. The number of hydrogen-bond acceptors (Lipinski definition) is 3. The average Bonchev–Trinajstić information content (AvgIpc) is 3.21. The minimum absolute atomic E-state index is 0.0161. The lowest BCUT2D eigenvalue weighted by Crippen LogP contribution is -2.29. The number of halogens is 1. The van der Waals surface area contributed by atoms with Gasteiger partial charge in [-0.15, -0.1) is 0 Å². The van der Waals surface area contributed by atoms with E-state index in [1.165, 1.54) is 18.4 Å². The molecule has 2 nitrogen and oxygen atoms in total. The Hall–Kier alpha value is -0.870. The first-order chi connectivity index (χ1) is 10.2. The summed E-state index contributed by atoms with van der Waals surface area (Å²) in [5.74, 6) is 0. The smallest absolute Gasteiger partial charge is 0.0453 e. The lowest BCUT2D eigenvalue weighted by atomic mass is 10.0. The van der Waals surface area contributed by atoms with Gasteiger partial charge in [0.1, 0.15) is 0 Å². The van der Waals surface area contributed by atoms with E-state index in [2.05, 4.69) is 21.7 Å². The van der Waals surface area contributed by atoms with Crippen molar-refractivity contribution in [3.63, 3.8) is 0 Å². The zero-order valence-electron chi connectivity index (χ0n) is 12.0. The monoisotopic (exact) mass is 320 g/mol. The summed E-state index contributed by atoms with van der Waals surface area (Å²) in [6.07, 6.45) is 3.60. The third-order valence-corrected chi connectivity index (χ3v) is 5.14. The number of nitrogens with zero attached hydrogens (tertiary/aromatic N) is 1. The molecule has 21 heavy (non-hydrogen) atoms. The van der Waals surface area contributed by atoms with Crippen molar-refractivity contribution >= 4 is 22.9 Å². The van der Waals surface area contributed by atoms with E-state index in [0.717, 1.165) is 36.1 Å². The maximum Gasteiger partial charge on any atom is 0.0453 e. The molecule has 0 spiro atoms. The zero-order chi connectivity index (χ0) is 14.7. The highest BCUT2D eigenvalue weighted by molar-refractivity contribution is 7.07. The Bertz CT molecular complexity index is 566. The van der Waals surface area contributed by atoms with E-state index in [-0.39, 0.29) is 6.04 Å². The molecule has 1 aromatic heterocycles. The van der Waals surface area contributed by atoms with Crippen molar-refractivity contribution in [3.8, 4) is 0 Å². The van der Waals surface area contributed by atoms with Crippen molar-refractivity contribution in [1.82, 2.24) is 4.90 Å². The SMILES string of the molecule is NC(CCN(Cc1ccsc1)C1CC1)c1ccccc1Cl. The van der Waals surface area contributed by atoms with E-state index < -0.39 is 0 Å².